The number of carbonyl (C=O) groups is 2. The molecule has 0 aromatic heterocycles. The number of para-hydroxylation sites is 2. The molecule has 0 spiro atoms. The molecule has 6 heteroatoms. The molecule has 0 saturated carbocycles. The summed E-state index contributed by atoms with van der Waals surface area (Å²) in [6.07, 6.45) is 0. The van der Waals surface area contributed by atoms with Crippen LogP contribution in [-0.2, 0) is 9.53 Å². The summed E-state index contributed by atoms with van der Waals surface area (Å²) in [5.41, 5.74) is 0.551. The lowest BCUT2D eigenvalue weighted by Crippen LogP contribution is -2.43. The topological polar surface area (TPSA) is 67.9 Å². The van der Waals surface area contributed by atoms with Gasteiger partial charge in [-0.15, -0.1) is 0 Å². The second-order valence-electron chi connectivity index (χ2n) is 4.43. The Hall–Kier alpha value is -2.24. The summed E-state index contributed by atoms with van der Waals surface area (Å²) in [6.45, 7) is 3.55. The molecule has 0 bridgehead atoms. The Morgan fingerprint density at radius 1 is 1.25 bits per heavy atom. The van der Waals surface area contributed by atoms with Crippen LogP contribution in [0.1, 0.15) is 13.8 Å². The molecule has 1 rings (SSSR count). The Kier molecular flexibility index (Phi) is 5.83. The number of urea groups is 1. The number of benzene rings is 1. The second kappa shape index (κ2) is 7.37. The van der Waals surface area contributed by atoms with Crippen molar-refractivity contribution in [1.29, 1.82) is 0 Å². The van der Waals surface area contributed by atoms with E-state index in [1.165, 1.54) is 19.1 Å². The lowest BCUT2D eigenvalue weighted by molar-refractivity contribution is -0.141. The largest absolute Gasteiger partial charge is 0.495 e. The Morgan fingerprint density at radius 3 is 2.45 bits per heavy atom. The number of hydrogen-bond donors (Lipinski definition) is 1. The summed E-state index contributed by atoms with van der Waals surface area (Å²) in [7, 11) is 2.82. The predicted octanol–water partition coefficient (Wildman–Crippen LogP) is 2.11. The molecule has 0 heterocycles. The number of rotatable bonds is 5. The van der Waals surface area contributed by atoms with Crippen molar-refractivity contribution in [3.05, 3.63) is 24.3 Å². The molecule has 0 fully saturated rings. The molecule has 0 radical (unpaired) electrons. The highest BCUT2D eigenvalue weighted by molar-refractivity contribution is 5.93. The highest BCUT2D eigenvalue weighted by Gasteiger charge is 2.21. The zero-order valence-electron chi connectivity index (χ0n) is 12.2. The minimum Gasteiger partial charge on any atom is -0.495 e. The number of esters is 1. The van der Waals surface area contributed by atoms with E-state index in [1.807, 2.05) is 19.9 Å². The fraction of sp³-hybridized carbons (Fsp3) is 0.429. The summed E-state index contributed by atoms with van der Waals surface area (Å²) in [5.74, 6) is 0.0940. The van der Waals surface area contributed by atoms with Crippen LogP contribution in [0.2, 0.25) is 0 Å². The SMILES string of the molecule is COC(=O)CN(C(=O)Nc1ccccc1OC)C(C)C. The number of anilines is 1. The van der Waals surface area contributed by atoms with Crippen LogP contribution in [0.25, 0.3) is 0 Å². The highest BCUT2D eigenvalue weighted by Crippen LogP contribution is 2.23. The van der Waals surface area contributed by atoms with Crippen molar-refractivity contribution in [2.24, 2.45) is 0 Å². The Labute approximate surface area is 118 Å². The molecule has 0 aliphatic carbocycles. The van der Waals surface area contributed by atoms with Crippen LogP contribution in [-0.4, -0.2) is 43.7 Å². The summed E-state index contributed by atoms with van der Waals surface area (Å²) >= 11 is 0. The van der Waals surface area contributed by atoms with Crippen molar-refractivity contribution in [2.75, 3.05) is 26.1 Å². The van der Waals surface area contributed by atoms with Gasteiger partial charge in [-0.25, -0.2) is 4.79 Å². The zero-order valence-corrected chi connectivity index (χ0v) is 12.2. The summed E-state index contributed by atoms with van der Waals surface area (Å²) in [5, 5.41) is 2.73. The molecule has 110 valence electrons. The van der Waals surface area contributed by atoms with Gasteiger partial charge >= 0.3 is 12.0 Å². The van der Waals surface area contributed by atoms with Gasteiger partial charge in [0.05, 0.1) is 19.9 Å². The van der Waals surface area contributed by atoms with E-state index < -0.39 is 5.97 Å². The van der Waals surface area contributed by atoms with Gasteiger partial charge in [-0.3, -0.25) is 4.79 Å². The van der Waals surface area contributed by atoms with Crippen LogP contribution in [0.15, 0.2) is 24.3 Å². The standard InChI is InChI=1S/C14H20N2O4/c1-10(2)16(9-13(17)20-4)14(18)15-11-7-5-6-8-12(11)19-3/h5-8,10H,9H2,1-4H3,(H,15,18). The molecule has 0 saturated heterocycles. The molecule has 6 nitrogen and oxygen atoms in total. The number of ether oxygens (including phenoxy) is 2. The fourth-order valence-corrected chi connectivity index (χ4v) is 1.63. The van der Waals surface area contributed by atoms with E-state index >= 15 is 0 Å². The molecule has 0 aliphatic heterocycles. The number of hydrogen-bond acceptors (Lipinski definition) is 4. The van der Waals surface area contributed by atoms with Crippen molar-refractivity contribution in [3.8, 4) is 5.75 Å². The number of amides is 2. The minimum absolute atomic E-state index is 0.102. The maximum absolute atomic E-state index is 12.2. The van der Waals surface area contributed by atoms with Crippen molar-refractivity contribution < 1.29 is 19.1 Å². The van der Waals surface area contributed by atoms with Gasteiger partial charge < -0.3 is 19.7 Å². The average Bonchev–Trinajstić information content (AvgIpc) is 2.44. The van der Waals surface area contributed by atoms with E-state index in [0.29, 0.717) is 11.4 Å². The van der Waals surface area contributed by atoms with Crippen LogP contribution < -0.4 is 10.1 Å². The number of nitrogens with one attached hydrogen (secondary N) is 1. The average molecular weight is 280 g/mol. The van der Waals surface area contributed by atoms with E-state index in [1.54, 1.807) is 18.2 Å². The molecule has 0 aliphatic rings. The molecule has 1 aromatic rings. The summed E-state index contributed by atoms with van der Waals surface area (Å²) in [4.78, 5) is 25.0. The van der Waals surface area contributed by atoms with Crippen LogP contribution >= 0.6 is 0 Å². The van der Waals surface area contributed by atoms with Gasteiger partial charge in [0.1, 0.15) is 12.3 Å². The van der Waals surface area contributed by atoms with Gasteiger partial charge in [0.15, 0.2) is 0 Å². The molecular weight excluding hydrogens is 260 g/mol. The van der Waals surface area contributed by atoms with Gasteiger partial charge in [-0.1, -0.05) is 12.1 Å². The fourth-order valence-electron chi connectivity index (χ4n) is 1.63. The lowest BCUT2D eigenvalue weighted by Gasteiger charge is -2.26. The monoisotopic (exact) mass is 280 g/mol. The first kappa shape index (κ1) is 15.8. The van der Waals surface area contributed by atoms with Crippen LogP contribution in [0.4, 0.5) is 10.5 Å². The van der Waals surface area contributed by atoms with Gasteiger partial charge in [0.25, 0.3) is 0 Å². The van der Waals surface area contributed by atoms with E-state index in [2.05, 4.69) is 10.1 Å². The number of carbonyl (C=O) groups excluding carboxylic acids is 2. The summed E-state index contributed by atoms with van der Waals surface area (Å²) in [6, 6.07) is 6.56. The lowest BCUT2D eigenvalue weighted by atomic mass is 10.3. The third kappa shape index (κ3) is 4.15. The van der Waals surface area contributed by atoms with Crippen LogP contribution in [0, 0.1) is 0 Å². The van der Waals surface area contributed by atoms with Crippen molar-refractivity contribution in [2.45, 2.75) is 19.9 Å². The highest BCUT2D eigenvalue weighted by atomic mass is 16.5. The first-order chi connectivity index (χ1) is 9.49. The minimum atomic E-state index is -0.464. The van der Waals surface area contributed by atoms with Gasteiger partial charge in [0.2, 0.25) is 0 Å². The Balaban J connectivity index is 2.83. The smallest absolute Gasteiger partial charge is 0.325 e. The molecule has 20 heavy (non-hydrogen) atoms. The van der Waals surface area contributed by atoms with Gasteiger partial charge in [-0.05, 0) is 26.0 Å². The van der Waals surface area contributed by atoms with E-state index in [9.17, 15) is 9.59 Å². The van der Waals surface area contributed by atoms with Gasteiger partial charge in [-0.2, -0.15) is 0 Å². The first-order valence-electron chi connectivity index (χ1n) is 6.27. The maximum Gasteiger partial charge on any atom is 0.325 e. The molecular formula is C14H20N2O4. The molecule has 2 amide bonds. The molecule has 0 unspecified atom stereocenters. The normalized spacial score (nSPS) is 10.1. The van der Waals surface area contributed by atoms with Crippen LogP contribution in [0.5, 0.6) is 5.75 Å². The molecule has 1 N–H and O–H groups in total. The maximum atomic E-state index is 12.2. The Morgan fingerprint density at radius 2 is 1.90 bits per heavy atom. The van der Waals surface area contributed by atoms with Crippen LogP contribution in [0.3, 0.4) is 0 Å². The Bertz CT molecular complexity index is 474. The zero-order chi connectivity index (χ0) is 15.1. The van der Waals surface area contributed by atoms with Gasteiger partial charge in [0, 0.05) is 6.04 Å². The van der Waals surface area contributed by atoms with Crippen molar-refractivity contribution >= 4 is 17.7 Å². The number of methoxy groups -OCH3 is 2. The van der Waals surface area contributed by atoms with Crippen molar-refractivity contribution in [1.82, 2.24) is 4.90 Å². The van der Waals surface area contributed by atoms with E-state index in [-0.39, 0.29) is 18.6 Å². The number of nitrogens with zero attached hydrogens (tertiary/aromatic N) is 1. The van der Waals surface area contributed by atoms with E-state index in [0.717, 1.165) is 0 Å². The van der Waals surface area contributed by atoms with E-state index in [4.69, 9.17) is 4.74 Å². The first-order valence-corrected chi connectivity index (χ1v) is 6.27. The molecule has 0 atom stereocenters. The predicted molar refractivity (Wildman–Crippen MR) is 75.9 cm³/mol. The quantitative estimate of drug-likeness (QED) is 0.839. The second-order valence-corrected chi connectivity index (χ2v) is 4.43. The third-order valence-corrected chi connectivity index (χ3v) is 2.76. The molecule has 1 aromatic carbocycles. The third-order valence-electron chi connectivity index (χ3n) is 2.76. The van der Waals surface area contributed by atoms with Crippen molar-refractivity contribution in [3.63, 3.8) is 0 Å². The summed E-state index contributed by atoms with van der Waals surface area (Å²) < 4.78 is 9.75.